The van der Waals surface area contributed by atoms with Crippen molar-refractivity contribution in [2.45, 2.75) is 18.8 Å². The molecule has 1 saturated heterocycles. The number of benzene rings is 2. The molecule has 5 rings (SSSR count). The molecule has 3 heterocycles. The van der Waals surface area contributed by atoms with Gasteiger partial charge in [-0.2, -0.15) is 4.98 Å². The van der Waals surface area contributed by atoms with E-state index in [1.807, 2.05) is 35.6 Å². The van der Waals surface area contributed by atoms with Crippen LogP contribution >= 0.6 is 11.3 Å². The van der Waals surface area contributed by atoms with Gasteiger partial charge in [0.05, 0.1) is 15.2 Å². The molecule has 0 bridgehead atoms. The third-order valence-electron chi connectivity index (χ3n) is 4.71. The molecule has 0 spiro atoms. The van der Waals surface area contributed by atoms with Crippen molar-refractivity contribution in [3.8, 4) is 0 Å². The Bertz CT molecular complexity index is 850. The highest BCUT2D eigenvalue weighted by Gasteiger charge is 2.25. The number of hydrogen-bond donors (Lipinski definition) is 0. The van der Waals surface area contributed by atoms with Gasteiger partial charge in [0.2, 0.25) is 0 Å². The molecular weight excluding hydrogens is 318 g/mol. The van der Waals surface area contributed by atoms with Gasteiger partial charge < -0.3 is 9.32 Å². The maximum atomic E-state index is 5.90. The van der Waals surface area contributed by atoms with Gasteiger partial charge in [0, 0.05) is 19.0 Å². The quantitative estimate of drug-likeness (QED) is 0.526. The first-order valence-corrected chi connectivity index (χ1v) is 9.14. The lowest BCUT2D eigenvalue weighted by Gasteiger charge is -2.29. The minimum atomic E-state index is 0.544. The summed E-state index contributed by atoms with van der Waals surface area (Å²) in [6.45, 7) is 1.93. The fraction of sp³-hybridized carbons (Fsp3) is 0.263. The van der Waals surface area contributed by atoms with E-state index in [0.29, 0.717) is 5.92 Å². The minimum Gasteiger partial charge on any atom is -0.423 e. The second kappa shape index (κ2) is 5.60. The van der Waals surface area contributed by atoms with Gasteiger partial charge in [0.15, 0.2) is 5.58 Å². The van der Waals surface area contributed by atoms with E-state index in [1.54, 1.807) is 0 Å². The monoisotopic (exact) mass is 335 g/mol. The van der Waals surface area contributed by atoms with Crippen molar-refractivity contribution in [3.05, 3.63) is 53.5 Å². The number of rotatable bonds is 2. The van der Waals surface area contributed by atoms with Crippen LogP contribution in [0.5, 0.6) is 0 Å². The van der Waals surface area contributed by atoms with Gasteiger partial charge in [0.1, 0.15) is 5.52 Å². The minimum absolute atomic E-state index is 0.544. The molecule has 1 aliphatic rings. The standard InChI is InChI=1S/C19H17N3OS/c1-3-7-16-14(5-1)21-19(23-16)22-11-9-13(10-12-22)18-20-15-6-2-4-8-17(15)24-18/h1-8,13H,9-12H2. The van der Waals surface area contributed by atoms with E-state index in [4.69, 9.17) is 9.40 Å². The van der Waals surface area contributed by atoms with Crippen molar-refractivity contribution in [1.82, 2.24) is 9.97 Å². The predicted octanol–water partition coefficient (Wildman–Crippen LogP) is 4.82. The summed E-state index contributed by atoms with van der Waals surface area (Å²) in [5.74, 6) is 0.544. The van der Waals surface area contributed by atoms with Crippen molar-refractivity contribution in [2.24, 2.45) is 0 Å². The molecule has 0 unspecified atom stereocenters. The lowest BCUT2D eigenvalue weighted by atomic mass is 9.98. The molecule has 2 aromatic carbocycles. The van der Waals surface area contributed by atoms with Crippen LogP contribution in [0.3, 0.4) is 0 Å². The van der Waals surface area contributed by atoms with E-state index in [1.165, 1.54) is 9.71 Å². The van der Waals surface area contributed by atoms with Crippen LogP contribution < -0.4 is 4.90 Å². The molecule has 120 valence electrons. The molecule has 0 atom stereocenters. The number of fused-ring (bicyclic) bond motifs is 2. The predicted molar refractivity (Wildman–Crippen MR) is 97.8 cm³/mol. The molecule has 1 fully saturated rings. The molecular formula is C19H17N3OS. The zero-order chi connectivity index (χ0) is 15.9. The average molecular weight is 335 g/mol. The van der Waals surface area contributed by atoms with Gasteiger partial charge in [-0.25, -0.2) is 4.98 Å². The van der Waals surface area contributed by atoms with Gasteiger partial charge >= 0.3 is 0 Å². The van der Waals surface area contributed by atoms with E-state index in [0.717, 1.165) is 48.6 Å². The molecule has 0 aliphatic carbocycles. The third kappa shape index (κ3) is 2.36. The summed E-state index contributed by atoms with van der Waals surface area (Å²) in [5.41, 5.74) is 2.92. The highest BCUT2D eigenvalue weighted by molar-refractivity contribution is 7.18. The first-order chi connectivity index (χ1) is 11.9. The number of para-hydroxylation sites is 3. The first-order valence-electron chi connectivity index (χ1n) is 8.33. The Balaban J connectivity index is 1.34. The molecule has 0 N–H and O–H groups in total. The number of anilines is 1. The Morgan fingerprint density at radius 3 is 2.46 bits per heavy atom. The summed E-state index contributed by atoms with van der Waals surface area (Å²) >= 11 is 1.84. The van der Waals surface area contributed by atoms with Crippen molar-refractivity contribution in [1.29, 1.82) is 0 Å². The smallest absolute Gasteiger partial charge is 0.298 e. The number of aromatic nitrogens is 2. The van der Waals surface area contributed by atoms with Gasteiger partial charge in [-0.05, 0) is 37.1 Å². The van der Waals surface area contributed by atoms with Gasteiger partial charge in [-0.3, -0.25) is 0 Å². The molecule has 24 heavy (non-hydrogen) atoms. The first kappa shape index (κ1) is 14.0. The van der Waals surface area contributed by atoms with Crippen LogP contribution in [0.15, 0.2) is 52.9 Å². The SMILES string of the molecule is c1ccc2oc(N3CCC(c4nc5ccccc5s4)CC3)nc2c1. The highest BCUT2D eigenvalue weighted by Crippen LogP contribution is 2.35. The summed E-state index contributed by atoms with van der Waals surface area (Å²) in [6.07, 6.45) is 2.19. The lowest BCUT2D eigenvalue weighted by Crippen LogP contribution is -2.33. The van der Waals surface area contributed by atoms with E-state index in [9.17, 15) is 0 Å². The fourth-order valence-corrected chi connectivity index (χ4v) is 4.51. The van der Waals surface area contributed by atoms with Crippen LogP contribution in [0.2, 0.25) is 0 Å². The van der Waals surface area contributed by atoms with Gasteiger partial charge in [-0.1, -0.05) is 24.3 Å². The van der Waals surface area contributed by atoms with E-state index in [-0.39, 0.29) is 0 Å². The highest BCUT2D eigenvalue weighted by atomic mass is 32.1. The molecule has 0 saturated carbocycles. The maximum Gasteiger partial charge on any atom is 0.298 e. The molecule has 4 nitrogen and oxygen atoms in total. The zero-order valence-electron chi connectivity index (χ0n) is 13.2. The summed E-state index contributed by atoms with van der Waals surface area (Å²) in [4.78, 5) is 11.7. The molecule has 4 aromatic rings. The number of nitrogens with zero attached hydrogens (tertiary/aromatic N) is 3. The Morgan fingerprint density at radius 2 is 1.67 bits per heavy atom. The number of piperidine rings is 1. The van der Waals surface area contributed by atoms with Gasteiger partial charge in [0.25, 0.3) is 6.01 Å². The van der Waals surface area contributed by atoms with Crippen LogP contribution in [0, 0.1) is 0 Å². The Hall–Kier alpha value is -2.40. The summed E-state index contributed by atoms with van der Waals surface area (Å²) in [7, 11) is 0. The molecule has 5 heteroatoms. The summed E-state index contributed by atoms with van der Waals surface area (Å²) in [6, 6.07) is 17.1. The van der Waals surface area contributed by atoms with E-state index < -0.39 is 0 Å². The number of thiazole rings is 1. The summed E-state index contributed by atoms with van der Waals surface area (Å²) in [5, 5.41) is 1.27. The van der Waals surface area contributed by atoms with Crippen LogP contribution in [0.1, 0.15) is 23.8 Å². The maximum absolute atomic E-state index is 5.90. The van der Waals surface area contributed by atoms with Crippen LogP contribution in [-0.4, -0.2) is 23.1 Å². The Labute approximate surface area is 143 Å². The second-order valence-corrected chi connectivity index (χ2v) is 7.31. The second-order valence-electron chi connectivity index (χ2n) is 6.25. The van der Waals surface area contributed by atoms with Crippen molar-refractivity contribution < 1.29 is 4.42 Å². The fourth-order valence-electron chi connectivity index (χ4n) is 3.38. The van der Waals surface area contributed by atoms with Crippen LogP contribution in [-0.2, 0) is 0 Å². The van der Waals surface area contributed by atoms with Gasteiger partial charge in [-0.15, -0.1) is 11.3 Å². The molecule has 1 aliphatic heterocycles. The van der Waals surface area contributed by atoms with E-state index >= 15 is 0 Å². The largest absolute Gasteiger partial charge is 0.423 e. The Kier molecular flexibility index (Phi) is 3.26. The number of hydrogen-bond acceptors (Lipinski definition) is 5. The molecule has 2 aromatic heterocycles. The van der Waals surface area contributed by atoms with Crippen LogP contribution in [0.4, 0.5) is 6.01 Å². The van der Waals surface area contributed by atoms with Crippen molar-refractivity contribution >= 4 is 38.7 Å². The zero-order valence-corrected chi connectivity index (χ0v) is 14.0. The van der Waals surface area contributed by atoms with Crippen molar-refractivity contribution in [3.63, 3.8) is 0 Å². The molecule has 0 radical (unpaired) electrons. The van der Waals surface area contributed by atoms with Crippen molar-refractivity contribution in [2.75, 3.05) is 18.0 Å². The average Bonchev–Trinajstić information content (AvgIpc) is 3.25. The van der Waals surface area contributed by atoms with Crippen LogP contribution in [0.25, 0.3) is 21.3 Å². The topological polar surface area (TPSA) is 42.2 Å². The van der Waals surface area contributed by atoms with E-state index in [2.05, 4.69) is 34.1 Å². The Morgan fingerprint density at radius 1 is 0.917 bits per heavy atom. The lowest BCUT2D eigenvalue weighted by molar-refractivity contribution is 0.467. The summed E-state index contributed by atoms with van der Waals surface area (Å²) < 4.78 is 7.18. The number of oxazole rings is 1. The molecule has 0 amide bonds. The normalized spacial score (nSPS) is 16.2. The third-order valence-corrected chi connectivity index (χ3v) is 5.91.